The van der Waals surface area contributed by atoms with E-state index in [1.54, 1.807) is 36.7 Å². The number of H-pyrrole nitrogens is 1. The number of pyridine rings is 1. The van der Waals surface area contributed by atoms with Gasteiger partial charge >= 0.3 is 0 Å². The molecule has 5 nitrogen and oxygen atoms in total. The number of allylic oxidation sites excluding steroid dienone is 3. The van der Waals surface area contributed by atoms with Gasteiger partial charge in [0.1, 0.15) is 11.6 Å². The molecule has 2 aromatic heterocycles. The van der Waals surface area contributed by atoms with Crippen LogP contribution in [0.1, 0.15) is 35.7 Å². The molecule has 0 fully saturated rings. The second kappa shape index (κ2) is 9.58. The number of carbonyl (C=O) groups is 1. The number of amides is 1. The van der Waals surface area contributed by atoms with E-state index >= 15 is 0 Å². The highest BCUT2D eigenvalue weighted by atomic mass is 19.1. The molecule has 0 bridgehead atoms. The number of aromatic nitrogens is 2. The van der Waals surface area contributed by atoms with Gasteiger partial charge in [0.25, 0.3) is 0 Å². The summed E-state index contributed by atoms with van der Waals surface area (Å²) >= 11 is 0. The van der Waals surface area contributed by atoms with Crippen molar-refractivity contribution >= 4 is 16.8 Å². The van der Waals surface area contributed by atoms with E-state index in [0.29, 0.717) is 12.8 Å². The second-order valence-electron chi connectivity index (χ2n) is 8.89. The van der Waals surface area contributed by atoms with Crippen LogP contribution >= 0.6 is 0 Å². The number of aromatic amines is 1. The third-order valence-electron chi connectivity index (χ3n) is 6.41. The van der Waals surface area contributed by atoms with Gasteiger partial charge < -0.3 is 15.4 Å². The van der Waals surface area contributed by atoms with E-state index in [4.69, 9.17) is 0 Å². The highest BCUT2D eigenvalue weighted by Gasteiger charge is 2.23. The van der Waals surface area contributed by atoms with Crippen molar-refractivity contribution in [2.75, 3.05) is 0 Å². The Morgan fingerprint density at radius 1 is 1.17 bits per heavy atom. The van der Waals surface area contributed by atoms with Crippen molar-refractivity contribution in [3.05, 3.63) is 107 Å². The van der Waals surface area contributed by atoms with Gasteiger partial charge in [-0.15, -0.1) is 0 Å². The number of rotatable bonds is 7. The molecule has 176 valence electrons. The minimum Gasteiger partial charge on any atom is -0.508 e. The van der Waals surface area contributed by atoms with Gasteiger partial charge in [-0.2, -0.15) is 0 Å². The summed E-state index contributed by atoms with van der Waals surface area (Å²) in [6.45, 7) is 2.05. The van der Waals surface area contributed by atoms with Gasteiger partial charge in [0.15, 0.2) is 0 Å². The first-order valence-electron chi connectivity index (χ1n) is 11.6. The van der Waals surface area contributed by atoms with Gasteiger partial charge in [-0.05, 0) is 72.9 Å². The van der Waals surface area contributed by atoms with E-state index in [-0.39, 0.29) is 23.9 Å². The van der Waals surface area contributed by atoms with E-state index in [9.17, 15) is 14.3 Å². The Balaban J connectivity index is 1.47. The fraction of sp³-hybridized carbons (Fsp3) is 0.172. The molecule has 1 atom stereocenters. The smallest absolute Gasteiger partial charge is 0.225 e. The van der Waals surface area contributed by atoms with E-state index in [1.165, 1.54) is 6.08 Å². The molecule has 1 aliphatic carbocycles. The minimum atomic E-state index is -0.428. The Labute approximate surface area is 203 Å². The fourth-order valence-corrected chi connectivity index (χ4v) is 4.69. The molecule has 1 aliphatic rings. The number of fused-ring (bicyclic) bond motifs is 1. The summed E-state index contributed by atoms with van der Waals surface area (Å²) in [7, 11) is 0. The van der Waals surface area contributed by atoms with Crippen LogP contribution in [0.3, 0.4) is 0 Å². The lowest BCUT2D eigenvalue weighted by atomic mass is 9.93. The number of hydrogen-bond acceptors (Lipinski definition) is 3. The summed E-state index contributed by atoms with van der Waals surface area (Å²) < 4.78 is 13.8. The first kappa shape index (κ1) is 22.6. The largest absolute Gasteiger partial charge is 0.508 e. The average molecular weight is 468 g/mol. The Kier molecular flexibility index (Phi) is 6.19. The predicted octanol–water partition coefficient (Wildman–Crippen LogP) is 6.22. The average Bonchev–Trinajstić information content (AvgIpc) is 3.44. The molecule has 6 heteroatoms. The van der Waals surface area contributed by atoms with Crippen LogP contribution < -0.4 is 5.32 Å². The van der Waals surface area contributed by atoms with Gasteiger partial charge in [-0.3, -0.25) is 9.78 Å². The van der Waals surface area contributed by atoms with Crippen LogP contribution in [0.15, 0.2) is 90.5 Å². The third-order valence-corrected chi connectivity index (χ3v) is 6.41. The summed E-state index contributed by atoms with van der Waals surface area (Å²) in [5.74, 6) is -0.271. The normalized spacial score (nSPS) is 14.0. The van der Waals surface area contributed by atoms with Crippen molar-refractivity contribution in [1.82, 2.24) is 15.3 Å². The molecule has 35 heavy (non-hydrogen) atoms. The van der Waals surface area contributed by atoms with E-state index in [1.807, 2.05) is 43.3 Å². The number of benzene rings is 2. The molecule has 2 heterocycles. The molecule has 4 aromatic rings. The SMILES string of the molecule is Cc1ccccc1-c1cccnc1C(CC1=CC(F)=CC1)NC(=O)Cc1c[nH]c2ccc(O)cc12. The maximum atomic E-state index is 13.8. The minimum absolute atomic E-state index is 0.137. The summed E-state index contributed by atoms with van der Waals surface area (Å²) in [5, 5.41) is 13.8. The molecule has 2 aromatic carbocycles. The van der Waals surface area contributed by atoms with Gasteiger partial charge in [0, 0.05) is 28.9 Å². The Bertz CT molecular complexity index is 1470. The van der Waals surface area contributed by atoms with Crippen LogP contribution in [0.25, 0.3) is 22.0 Å². The van der Waals surface area contributed by atoms with Crippen LogP contribution in [-0.2, 0) is 11.2 Å². The monoisotopic (exact) mass is 467 g/mol. The zero-order valence-electron chi connectivity index (χ0n) is 19.4. The molecule has 0 radical (unpaired) electrons. The molecule has 1 unspecified atom stereocenters. The van der Waals surface area contributed by atoms with Crippen molar-refractivity contribution in [1.29, 1.82) is 0 Å². The molecule has 1 amide bonds. The first-order valence-corrected chi connectivity index (χ1v) is 11.6. The van der Waals surface area contributed by atoms with Gasteiger partial charge in [0.2, 0.25) is 5.91 Å². The number of aryl methyl sites for hydroxylation is 1. The molecule has 0 saturated heterocycles. The molecule has 0 spiro atoms. The number of phenols is 1. The number of phenolic OH excluding ortho intramolecular Hbond substituents is 1. The van der Waals surface area contributed by atoms with Crippen molar-refractivity contribution in [3.63, 3.8) is 0 Å². The standard InChI is InChI=1S/C29H26FN3O2/c1-18-5-2-3-6-23(18)24-7-4-12-31-29(24)27(14-19-8-9-21(30)13-19)33-28(35)15-20-17-32-26-11-10-22(34)16-25(20)26/h2-7,9-13,16-17,27,32,34H,8,14-15H2,1H3,(H,33,35). The summed E-state index contributed by atoms with van der Waals surface area (Å²) in [6.07, 6.45) is 7.72. The Hall–Kier alpha value is -4.19. The Morgan fingerprint density at radius 3 is 2.80 bits per heavy atom. The van der Waals surface area contributed by atoms with Crippen molar-refractivity contribution in [2.45, 2.75) is 32.2 Å². The molecule has 0 saturated carbocycles. The van der Waals surface area contributed by atoms with Crippen molar-refractivity contribution in [2.24, 2.45) is 0 Å². The lowest BCUT2D eigenvalue weighted by Gasteiger charge is -2.22. The highest BCUT2D eigenvalue weighted by molar-refractivity contribution is 5.90. The zero-order chi connectivity index (χ0) is 24.4. The summed E-state index contributed by atoms with van der Waals surface area (Å²) in [6, 6.07) is 16.6. The van der Waals surface area contributed by atoms with Gasteiger partial charge in [0.05, 0.1) is 18.2 Å². The highest BCUT2D eigenvalue weighted by Crippen LogP contribution is 2.34. The molecule has 3 N–H and O–H groups in total. The van der Waals surface area contributed by atoms with E-state index in [2.05, 4.69) is 15.3 Å². The lowest BCUT2D eigenvalue weighted by Crippen LogP contribution is -2.31. The summed E-state index contributed by atoms with van der Waals surface area (Å²) in [5.41, 5.74) is 6.41. The molecular weight excluding hydrogens is 441 g/mol. The summed E-state index contributed by atoms with van der Waals surface area (Å²) in [4.78, 5) is 21.1. The molecule has 0 aliphatic heterocycles. The van der Waals surface area contributed by atoms with E-state index in [0.717, 1.165) is 44.4 Å². The maximum absolute atomic E-state index is 13.8. The lowest BCUT2D eigenvalue weighted by molar-refractivity contribution is -0.121. The van der Waals surface area contributed by atoms with E-state index < -0.39 is 6.04 Å². The maximum Gasteiger partial charge on any atom is 0.225 e. The van der Waals surface area contributed by atoms with Crippen molar-refractivity contribution in [3.8, 4) is 16.9 Å². The number of halogens is 1. The molecular formula is C29H26FN3O2. The number of aromatic hydroxyl groups is 1. The number of nitrogens with one attached hydrogen (secondary N) is 2. The van der Waals surface area contributed by atoms with Crippen LogP contribution in [0, 0.1) is 6.92 Å². The second-order valence-corrected chi connectivity index (χ2v) is 8.89. The topological polar surface area (TPSA) is 78.0 Å². The Morgan fingerprint density at radius 2 is 2.00 bits per heavy atom. The van der Waals surface area contributed by atoms with Crippen LogP contribution in [-0.4, -0.2) is 21.0 Å². The van der Waals surface area contributed by atoms with Crippen LogP contribution in [0.5, 0.6) is 5.75 Å². The van der Waals surface area contributed by atoms with Crippen LogP contribution in [0.4, 0.5) is 4.39 Å². The number of carbonyl (C=O) groups excluding carboxylic acids is 1. The fourth-order valence-electron chi connectivity index (χ4n) is 4.69. The van der Waals surface area contributed by atoms with Gasteiger partial charge in [-0.1, -0.05) is 35.9 Å². The zero-order valence-corrected chi connectivity index (χ0v) is 19.4. The molecule has 5 rings (SSSR count). The predicted molar refractivity (Wildman–Crippen MR) is 135 cm³/mol. The van der Waals surface area contributed by atoms with Crippen LogP contribution in [0.2, 0.25) is 0 Å². The third kappa shape index (κ3) is 4.87. The van der Waals surface area contributed by atoms with Gasteiger partial charge in [-0.25, -0.2) is 4.39 Å². The van der Waals surface area contributed by atoms with Crippen molar-refractivity contribution < 1.29 is 14.3 Å². The quantitative estimate of drug-likeness (QED) is 0.302. The number of nitrogens with zero attached hydrogens (tertiary/aromatic N) is 1. The number of hydrogen-bond donors (Lipinski definition) is 3. The first-order chi connectivity index (χ1) is 17.0.